The van der Waals surface area contributed by atoms with Crippen LogP contribution in [0.2, 0.25) is 0 Å². The molecule has 0 fully saturated rings. The Kier molecular flexibility index (Phi) is 4.87. The SMILES string of the molecule is CCCC(=O)c1ccn(CC(=O)Nc2ccccc2F)c1. The quantitative estimate of drug-likeness (QED) is 0.830. The molecule has 1 heterocycles. The minimum Gasteiger partial charge on any atom is -0.344 e. The first-order valence-corrected chi connectivity index (χ1v) is 6.83. The van der Waals surface area contributed by atoms with Crippen LogP contribution in [0.15, 0.2) is 42.7 Å². The van der Waals surface area contributed by atoms with Crippen LogP contribution in [0, 0.1) is 5.82 Å². The van der Waals surface area contributed by atoms with Gasteiger partial charge in [-0.1, -0.05) is 19.1 Å². The highest BCUT2D eigenvalue weighted by atomic mass is 19.1. The Hall–Kier alpha value is -2.43. The number of amides is 1. The number of hydrogen-bond acceptors (Lipinski definition) is 2. The number of rotatable bonds is 6. The summed E-state index contributed by atoms with van der Waals surface area (Å²) in [6.07, 6.45) is 4.59. The molecule has 2 aromatic rings. The number of para-hydroxylation sites is 1. The Morgan fingerprint density at radius 1 is 1.24 bits per heavy atom. The summed E-state index contributed by atoms with van der Waals surface area (Å²) >= 11 is 0. The molecule has 0 aliphatic carbocycles. The first kappa shape index (κ1) is 15.0. The normalized spacial score (nSPS) is 10.4. The van der Waals surface area contributed by atoms with Gasteiger partial charge in [0.05, 0.1) is 5.69 Å². The van der Waals surface area contributed by atoms with E-state index in [9.17, 15) is 14.0 Å². The minimum absolute atomic E-state index is 0.0355. The number of halogens is 1. The van der Waals surface area contributed by atoms with E-state index in [0.717, 1.165) is 6.42 Å². The lowest BCUT2D eigenvalue weighted by atomic mass is 10.1. The van der Waals surface area contributed by atoms with Crippen LogP contribution in [0.3, 0.4) is 0 Å². The molecule has 110 valence electrons. The van der Waals surface area contributed by atoms with Crippen molar-refractivity contribution in [2.45, 2.75) is 26.3 Å². The van der Waals surface area contributed by atoms with E-state index in [2.05, 4.69) is 5.32 Å². The Balaban J connectivity index is 1.97. The second kappa shape index (κ2) is 6.83. The number of benzene rings is 1. The molecule has 0 radical (unpaired) electrons. The van der Waals surface area contributed by atoms with Gasteiger partial charge in [-0.15, -0.1) is 0 Å². The van der Waals surface area contributed by atoms with Crippen molar-refractivity contribution in [1.29, 1.82) is 0 Å². The van der Waals surface area contributed by atoms with Crippen molar-refractivity contribution in [2.24, 2.45) is 0 Å². The van der Waals surface area contributed by atoms with Gasteiger partial charge < -0.3 is 9.88 Å². The predicted octanol–water partition coefficient (Wildman–Crippen LogP) is 3.25. The number of nitrogens with one attached hydrogen (secondary N) is 1. The molecule has 0 spiro atoms. The fourth-order valence-electron chi connectivity index (χ4n) is 1.99. The zero-order valence-corrected chi connectivity index (χ0v) is 11.8. The van der Waals surface area contributed by atoms with E-state index in [1.165, 1.54) is 12.1 Å². The lowest BCUT2D eigenvalue weighted by Gasteiger charge is -2.06. The molecule has 2 rings (SSSR count). The van der Waals surface area contributed by atoms with Crippen molar-refractivity contribution in [2.75, 3.05) is 5.32 Å². The lowest BCUT2D eigenvalue weighted by Crippen LogP contribution is -2.18. The Bertz CT molecular complexity index is 649. The molecular weight excluding hydrogens is 271 g/mol. The molecule has 1 amide bonds. The zero-order chi connectivity index (χ0) is 15.2. The van der Waals surface area contributed by atoms with Gasteiger partial charge in [0.2, 0.25) is 5.91 Å². The third-order valence-electron chi connectivity index (χ3n) is 3.02. The first-order chi connectivity index (χ1) is 10.1. The largest absolute Gasteiger partial charge is 0.344 e. The highest BCUT2D eigenvalue weighted by Crippen LogP contribution is 2.12. The van der Waals surface area contributed by atoms with Gasteiger partial charge in [-0.3, -0.25) is 9.59 Å². The van der Waals surface area contributed by atoms with E-state index < -0.39 is 5.82 Å². The molecule has 0 saturated carbocycles. The van der Waals surface area contributed by atoms with Crippen molar-refractivity contribution < 1.29 is 14.0 Å². The van der Waals surface area contributed by atoms with Crippen LogP contribution in [0.4, 0.5) is 10.1 Å². The summed E-state index contributed by atoms with van der Waals surface area (Å²) in [5, 5.41) is 2.50. The minimum atomic E-state index is -0.475. The number of Topliss-reactive ketones (excluding diaryl/α,β-unsaturated/α-hetero) is 1. The summed E-state index contributed by atoms with van der Waals surface area (Å²) in [6.45, 7) is 1.98. The second-order valence-corrected chi connectivity index (χ2v) is 4.77. The molecule has 1 aromatic carbocycles. The molecule has 0 aliphatic heterocycles. The summed E-state index contributed by atoms with van der Waals surface area (Å²) in [5.74, 6) is -0.756. The van der Waals surface area contributed by atoms with Crippen molar-refractivity contribution in [1.82, 2.24) is 4.57 Å². The number of carbonyl (C=O) groups is 2. The summed E-state index contributed by atoms with van der Waals surface area (Å²) in [5.41, 5.74) is 0.743. The number of anilines is 1. The molecule has 0 unspecified atom stereocenters. The van der Waals surface area contributed by atoms with Gasteiger partial charge in [0, 0.05) is 24.4 Å². The summed E-state index contributed by atoms with van der Waals surface area (Å²) in [7, 11) is 0. The molecule has 0 atom stereocenters. The van der Waals surface area contributed by atoms with Crippen LogP contribution in [0.1, 0.15) is 30.1 Å². The van der Waals surface area contributed by atoms with Crippen LogP contribution in [0.5, 0.6) is 0 Å². The third kappa shape index (κ3) is 4.02. The topological polar surface area (TPSA) is 51.1 Å². The Morgan fingerprint density at radius 2 is 2.00 bits per heavy atom. The molecule has 0 saturated heterocycles. The monoisotopic (exact) mass is 288 g/mol. The summed E-state index contributed by atoms with van der Waals surface area (Å²) in [6, 6.07) is 7.68. The van der Waals surface area contributed by atoms with Gasteiger partial charge in [0.1, 0.15) is 12.4 Å². The maximum Gasteiger partial charge on any atom is 0.244 e. The number of ketones is 1. The lowest BCUT2D eigenvalue weighted by molar-refractivity contribution is -0.116. The van der Waals surface area contributed by atoms with Crippen LogP contribution >= 0.6 is 0 Å². The van der Waals surface area contributed by atoms with Gasteiger partial charge in [-0.2, -0.15) is 0 Å². The standard InChI is InChI=1S/C16H17FN2O2/c1-2-5-15(20)12-8-9-19(10-12)11-16(21)18-14-7-4-3-6-13(14)17/h3-4,6-10H,2,5,11H2,1H3,(H,18,21). The maximum atomic E-state index is 13.4. The highest BCUT2D eigenvalue weighted by molar-refractivity contribution is 5.96. The Morgan fingerprint density at radius 3 is 2.71 bits per heavy atom. The van der Waals surface area contributed by atoms with Gasteiger partial charge >= 0.3 is 0 Å². The smallest absolute Gasteiger partial charge is 0.244 e. The maximum absolute atomic E-state index is 13.4. The average molecular weight is 288 g/mol. The van der Waals surface area contributed by atoms with Crippen LogP contribution in [-0.2, 0) is 11.3 Å². The van der Waals surface area contributed by atoms with E-state index in [0.29, 0.717) is 12.0 Å². The predicted molar refractivity (Wildman–Crippen MR) is 78.7 cm³/mol. The fourth-order valence-corrected chi connectivity index (χ4v) is 1.99. The number of hydrogen-bond donors (Lipinski definition) is 1. The van der Waals surface area contributed by atoms with E-state index >= 15 is 0 Å². The van der Waals surface area contributed by atoms with E-state index in [4.69, 9.17) is 0 Å². The number of carbonyl (C=O) groups excluding carboxylic acids is 2. The summed E-state index contributed by atoms with van der Waals surface area (Å²) < 4.78 is 15.0. The molecule has 0 aliphatic rings. The zero-order valence-electron chi connectivity index (χ0n) is 11.8. The van der Waals surface area contributed by atoms with Gasteiger partial charge in [-0.05, 0) is 24.6 Å². The van der Waals surface area contributed by atoms with Crippen molar-refractivity contribution in [3.8, 4) is 0 Å². The van der Waals surface area contributed by atoms with Crippen molar-refractivity contribution in [3.63, 3.8) is 0 Å². The van der Waals surface area contributed by atoms with Crippen molar-refractivity contribution >= 4 is 17.4 Å². The van der Waals surface area contributed by atoms with Gasteiger partial charge in [0.15, 0.2) is 5.78 Å². The van der Waals surface area contributed by atoms with Crippen LogP contribution in [-0.4, -0.2) is 16.3 Å². The highest BCUT2D eigenvalue weighted by Gasteiger charge is 2.10. The summed E-state index contributed by atoms with van der Waals surface area (Å²) in [4.78, 5) is 23.6. The van der Waals surface area contributed by atoms with E-state index in [-0.39, 0.29) is 23.9 Å². The molecule has 1 aromatic heterocycles. The number of nitrogens with zero attached hydrogens (tertiary/aromatic N) is 1. The molecular formula is C16H17FN2O2. The van der Waals surface area contributed by atoms with E-state index in [1.807, 2.05) is 6.92 Å². The van der Waals surface area contributed by atoms with Gasteiger partial charge in [0.25, 0.3) is 0 Å². The molecule has 5 heteroatoms. The average Bonchev–Trinajstić information content (AvgIpc) is 2.90. The number of aromatic nitrogens is 1. The fraction of sp³-hybridized carbons (Fsp3) is 0.250. The van der Waals surface area contributed by atoms with Gasteiger partial charge in [-0.25, -0.2) is 4.39 Å². The molecule has 21 heavy (non-hydrogen) atoms. The van der Waals surface area contributed by atoms with Crippen LogP contribution in [0.25, 0.3) is 0 Å². The van der Waals surface area contributed by atoms with Crippen molar-refractivity contribution in [3.05, 3.63) is 54.1 Å². The second-order valence-electron chi connectivity index (χ2n) is 4.77. The molecule has 4 nitrogen and oxygen atoms in total. The first-order valence-electron chi connectivity index (χ1n) is 6.83. The molecule has 0 bridgehead atoms. The van der Waals surface area contributed by atoms with Crippen LogP contribution < -0.4 is 5.32 Å². The van der Waals surface area contributed by atoms with E-state index in [1.54, 1.807) is 35.2 Å². The Labute approximate surface area is 122 Å². The molecule has 1 N–H and O–H groups in total. The third-order valence-corrected chi connectivity index (χ3v) is 3.02.